The van der Waals surface area contributed by atoms with E-state index in [-0.39, 0.29) is 11.9 Å². The SMILES string of the molecule is COCCOc1nc(-c2ccccc2C)n(-c2ccc(NC(=O)c3ccccc3Cl)cc2)n1. The summed E-state index contributed by atoms with van der Waals surface area (Å²) in [7, 11) is 1.61. The molecule has 168 valence electrons. The fourth-order valence-corrected chi connectivity index (χ4v) is 3.50. The molecule has 33 heavy (non-hydrogen) atoms. The van der Waals surface area contributed by atoms with Crippen LogP contribution >= 0.6 is 11.6 Å². The summed E-state index contributed by atoms with van der Waals surface area (Å²) in [5, 5.41) is 7.81. The van der Waals surface area contributed by atoms with E-state index in [2.05, 4.69) is 15.4 Å². The molecule has 0 saturated heterocycles. The van der Waals surface area contributed by atoms with E-state index < -0.39 is 0 Å². The second kappa shape index (κ2) is 10.3. The zero-order chi connectivity index (χ0) is 23.2. The summed E-state index contributed by atoms with van der Waals surface area (Å²) in [6, 6.07) is 22.5. The van der Waals surface area contributed by atoms with Gasteiger partial charge in [0.1, 0.15) is 6.61 Å². The summed E-state index contributed by atoms with van der Waals surface area (Å²) in [6.07, 6.45) is 0. The first-order chi connectivity index (χ1) is 16.1. The molecule has 1 amide bonds. The largest absolute Gasteiger partial charge is 0.460 e. The molecule has 4 rings (SSSR count). The van der Waals surface area contributed by atoms with Crippen molar-refractivity contribution in [3.63, 3.8) is 0 Å². The number of hydrogen-bond donors (Lipinski definition) is 1. The summed E-state index contributed by atoms with van der Waals surface area (Å²) in [5.41, 5.74) is 3.84. The van der Waals surface area contributed by atoms with E-state index in [9.17, 15) is 4.79 Å². The number of hydrogen-bond acceptors (Lipinski definition) is 5. The topological polar surface area (TPSA) is 78.3 Å². The minimum atomic E-state index is -0.275. The second-order valence-corrected chi connectivity index (χ2v) is 7.67. The lowest BCUT2D eigenvalue weighted by molar-refractivity contribution is 0.102. The number of ether oxygens (including phenoxy) is 2. The molecular weight excluding hydrogens is 440 g/mol. The number of rotatable bonds is 8. The van der Waals surface area contributed by atoms with Gasteiger partial charge in [-0.1, -0.05) is 48.0 Å². The van der Waals surface area contributed by atoms with Crippen molar-refractivity contribution in [2.24, 2.45) is 0 Å². The molecule has 0 fully saturated rings. The van der Waals surface area contributed by atoms with Gasteiger partial charge in [0.25, 0.3) is 5.91 Å². The predicted molar refractivity (Wildman–Crippen MR) is 128 cm³/mol. The average Bonchev–Trinajstić information content (AvgIpc) is 3.24. The van der Waals surface area contributed by atoms with E-state index in [0.29, 0.717) is 35.3 Å². The maximum Gasteiger partial charge on any atom is 0.336 e. The normalized spacial score (nSPS) is 10.8. The Kier molecular flexibility index (Phi) is 7.02. The Hall–Kier alpha value is -3.68. The van der Waals surface area contributed by atoms with Crippen LogP contribution in [0, 0.1) is 6.92 Å². The molecule has 0 aliphatic heterocycles. The number of aromatic nitrogens is 3. The number of nitrogens with one attached hydrogen (secondary N) is 1. The molecule has 0 spiro atoms. The van der Waals surface area contributed by atoms with Crippen molar-refractivity contribution >= 4 is 23.2 Å². The molecule has 8 heteroatoms. The Labute approximate surface area is 196 Å². The van der Waals surface area contributed by atoms with E-state index in [1.54, 1.807) is 48.2 Å². The quantitative estimate of drug-likeness (QED) is 0.365. The third-order valence-corrected chi connectivity index (χ3v) is 5.31. The standard InChI is InChI=1S/C25H23ClN4O3/c1-17-7-3-4-8-20(17)23-28-25(33-16-15-32-2)29-30(23)19-13-11-18(12-14-19)27-24(31)21-9-5-6-10-22(21)26/h3-14H,15-16H2,1-2H3,(H,27,31). The van der Waals surface area contributed by atoms with Gasteiger partial charge in [-0.15, -0.1) is 5.10 Å². The van der Waals surface area contributed by atoms with Gasteiger partial charge in [0.15, 0.2) is 5.82 Å². The molecule has 0 atom stereocenters. The molecule has 0 saturated carbocycles. The third kappa shape index (κ3) is 5.22. The molecule has 7 nitrogen and oxygen atoms in total. The highest BCUT2D eigenvalue weighted by molar-refractivity contribution is 6.34. The first-order valence-corrected chi connectivity index (χ1v) is 10.8. The highest BCUT2D eigenvalue weighted by atomic mass is 35.5. The van der Waals surface area contributed by atoms with Gasteiger partial charge < -0.3 is 14.8 Å². The van der Waals surface area contributed by atoms with Gasteiger partial charge in [-0.3, -0.25) is 4.79 Å². The summed E-state index contributed by atoms with van der Waals surface area (Å²) in [4.78, 5) is 17.1. The lowest BCUT2D eigenvalue weighted by Gasteiger charge is -2.10. The maximum atomic E-state index is 12.5. The first-order valence-electron chi connectivity index (χ1n) is 10.4. The lowest BCUT2D eigenvalue weighted by atomic mass is 10.1. The van der Waals surface area contributed by atoms with Gasteiger partial charge >= 0.3 is 6.01 Å². The van der Waals surface area contributed by atoms with Crippen LogP contribution in [0.5, 0.6) is 6.01 Å². The third-order valence-electron chi connectivity index (χ3n) is 4.98. The van der Waals surface area contributed by atoms with Crippen molar-refractivity contribution in [3.05, 3.63) is 88.9 Å². The molecule has 1 N–H and O–H groups in total. The molecule has 1 heterocycles. The van der Waals surface area contributed by atoms with Crippen molar-refractivity contribution in [1.82, 2.24) is 14.8 Å². The van der Waals surface area contributed by atoms with E-state index in [4.69, 9.17) is 21.1 Å². The molecule has 0 aliphatic carbocycles. The van der Waals surface area contributed by atoms with E-state index in [1.807, 2.05) is 43.3 Å². The van der Waals surface area contributed by atoms with Crippen LogP contribution < -0.4 is 10.1 Å². The summed E-state index contributed by atoms with van der Waals surface area (Å²) < 4.78 is 12.4. The van der Waals surface area contributed by atoms with Crippen LogP contribution in [0.1, 0.15) is 15.9 Å². The van der Waals surface area contributed by atoms with Crippen LogP contribution in [0.3, 0.4) is 0 Å². The van der Waals surface area contributed by atoms with Gasteiger partial charge in [-0.25, -0.2) is 4.68 Å². The molecule has 0 bridgehead atoms. The molecule has 0 aliphatic rings. The fraction of sp³-hybridized carbons (Fsp3) is 0.160. The van der Waals surface area contributed by atoms with Crippen molar-refractivity contribution < 1.29 is 14.3 Å². The average molecular weight is 463 g/mol. The summed E-state index contributed by atoms with van der Waals surface area (Å²) >= 11 is 6.13. The molecular formula is C25H23ClN4O3. The maximum absolute atomic E-state index is 12.5. The second-order valence-electron chi connectivity index (χ2n) is 7.27. The number of methoxy groups -OCH3 is 1. The number of carbonyl (C=O) groups excluding carboxylic acids is 1. The Morgan fingerprint density at radius 2 is 1.73 bits per heavy atom. The van der Waals surface area contributed by atoms with Gasteiger partial charge in [-0.05, 0) is 48.9 Å². The Bertz CT molecular complexity index is 1250. The number of halogens is 1. The lowest BCUT2D eigenvalue weighted by Crippen LogP contribution is -2.12. The zero-order valence-corrected chi connectivity index (χ0v) is 19.0. The fourth-order valence-electron chi connectivity index (χ4n) is 3.28. The van der Waals surface area contributed by atoms with E-state index in [1.165, 1.54) is 0 Å². The van der Waals surface area contributed by atoms with Crippen molar-refractivity contribution in [2.45, 2.75) is 6.92 Å². The van der Waals surface area contributed by atoms with Gasteiger partial charge in [-0.2, -0.15) is 4.98 Å². The zero-order valence-electron chi connectivity index (χ0n) is 18.3. The number of carbonyl (C=O) groups is 1. The van der Waals surface area contributed by atoms with Gasteiger partial charge in [0, 0.05) is 18.4 Å². The molecule has 0 radical (unpaired) electrons. The van der Waals surface area contributed by atoms with E-state index in [0.717, 1.165) is 16.8 Å². The number of anilines is 1. The van der Waals surface area contributed by atoms with E-state index >= 15 is 0 Å². The Morgan fingerprint density at radius 1 is 1.00 bits per heavy atom. The van der Waals surface area contributed by atoms with Gasteiger partial charge in [0.05, 0.1) is 22.9 Å². The molecule has 1 aromatic heterocycles. The predicted octanol–water partition coefficient (Wildman–Crippen LogP) is 5.17. The highest BCUT2D eigenvalue weighted by Gasteiger charge is 2.17. The van der Waals surface area contributed by atoms with Gasteiger partial charge in [0.2, 0.25) is 0 Å². The molecule has 0 unspecified atom stereocenters. The molecule has 3 aromatic carbocycles. The van der Waals surface area contributed by atoms with Crippen molar-refractivity contribution in [3.8, 4) is 23.1 Å². The Morgan fingerprint density at radius 3 is 2.45 bits per heavy atom. The number of aryl methyl sites for hydroxylation is 1. The van der Waals surface area contributed by atoms with Crippen LogP contribution in [0.2, 0.25) is 5.02 Å². The smallest absolute Gasteiger partial charge is 0.336 e. The van der Waals surface area contributed by atoms with Crippen molar-refractivity contribution in [1.29, 1.82) is 0 Å². The van der Waals surface area contributed by atoms with Crippen LogP contribution in [-0.4, -0.2) is 41.0 Å². The number of amides is 1. The molecule has 4 aromatic rings. The minimum Gasteiger partial charge on any atom is -0.460 e. The van der Waals surface area contributed by atoms with Crippen LogP contribution in [0.4, 0.5) is 5.69 Å². The number of benzene rings is 3. The highest BCUT2D eigenvalue weighted by Crippen LogP contribution is 2.27. The number of nitrogens with zero attached hydrogens (tertiary/aromatic N) is 3. The first kappa shape index (κ1) is 22.5. The summed E-state index contributed by atoms with van der Waals surface area (Å²) in [6.45, 7) is 2.81. The minimum absolute atomic E-state index is 0.265. The summed E-state index contributed by atoms with van der Waals surface area (Å²) in [5.74, 6) is 0.386. The van der Waals surface area contributed by atoms with Crippen LogP contribution in [0.25, 0.3) is 17.1 Å². The van der Waals surface area contributed by atoms with Crippen LogP contribution in [0.15, 0.2) is 72.8 Å². The monoisotopic (exact) mass is 462 g/mol. The van der Waals surface area contributed by atoms with Crippen molar-refractivity contribution in [2.75, 3.05) is 25.6 Å². The van der Waals surface area contributed by atoms with Crippen LogP contribution in [-0.2, 0) is 4.74 Å². The Balaban J connectivity index is 1.62.